The number of carbonyl (C=O) groups is 2. The zero-order valence-corrected chi connectivity index (χ0v) is 17.7. The van der Waals surface area contributed by atoms with Crippen LogP contribution in [0.25, 0.3) is 0 Å². The third kappa shape index (κ3) is 4.90. The number of nitrogens with one attached hydrogen (secondary N) is 1. The minimum Gasteiger partial charge on any atom is -0.462 e. The van der Waals surface area contributed by atoms with Crippen LogP contribution < -0.4 is 5.32 Å². The van der Waals surface area contributed by atoms with Gasteiger partial charge in [-0.2, -0.15) is 5.26 Å². The Kier molecular flexibility index (Phi) is 7.05. The molecule has 0 aliphatic rings. The Bertz CT molecular complexity index is 903. The highest BCUT2D eigenvalue weighted by molar-refractivity contribution is 8.04. The summed E-state index contributed by atoms with van der Waals surface area (Å²) in [5.41, 5.74) is 4.96. The molecule has 2 aromatic rings. The van der Waals surface area contributed by atoms with Crippen LogP contribution in [0, 0.1) is 38.4 Å². The van der Waals surface area contributed by atoms with Crippen LogP contribution in [0.2, 0.25) is 0 Å². The maximum atomic E-state index is 12.6. The molecule has 1 aromatic heterocycles. The summed E-state index contributed by atoms with van der Waals surface area (Å²) in [7, 11) is 0. The van der Waals surface area contributed by atoms with Gasteiger partial charge in [-0.1, -0.05) is 17.7 Å². The summed E-state index contributed by atoms with van der Waals surface area (Å²) in [4.78, 5) is 25.8. The normalized spacial score (nSPS) is 10.4. The molecule has 5 nitrogen and oxygen atoms in total. The molecule has 2 rings (SSSR count). The maximum Gasteiger partial charge on any atom is 0.348 e. The number of carbonyl (C=O) groups excluding carboxylic acids is 2. The summed E-state index contributed by atoms with van der Waals surface area (Å²) >= 11 is 2.08. The second-order valence-corrected chi connectivity index (χ2v) is 8.05. The molecule has 1 aromatic carbocycles. The smallest absolute Gasteiger partial charge is 0.348 e. The number of hydrogen-bond donors (Lipinski definition) is 1. The van der Waals surface area contributed by atoms with Crippen LogP contribution in [0.4, 0.5) is 5.00 Å². The van der Waals surface area contributed by atoms with Crippen molar-refractivity contribution in [2.75, 3.05) is 11.9 Å². The van der Waals surface area contributed by atoms with Gasteiger partial charge in [-0.15, -0.1) is 11.3 Å². The van der Waals surface area contributed by atoms with Gasteiger partial charge in [-0.3, -0.25) is 4.79 Å². The van der Waals surface area contributed by atoms with Gasteiger partial charge in [0.1, 0.15) is 15.3 Å². The highest BCUT2D eigenvalue weighted by Gasteiger charge is 2.23. The van der Waals surface area contributed by atoms with Gasteiger partial charge < -0.3 is 10.1 Å². The molecular formula is C20H22N2O3S2. The fraction of sp³-hybridized carbons (Fsp3) is 0.350. The molecule has 0 aliphatic heterocycles. The van der Waals surface area contributed by atoms with Gasteiger partial charge in [-0.05, 0) is 68.6 Å². The first kappa shape index (κ1) is 21.0. The lowest BCUT2D eigenvalue weighted by Crippen LogP contribution is -2.15. The van der Waals surface area contributed by atoms with Crippen molar-refractivity contribution in [3.8, 4) is 5.40 Å². The SMILES string of the molecule is CCOC(=O)c1sc(NC(=O)Cc2c(C)cc(C)cc2C)c(SC#N)c1C. The molecule has 0 spiro atoms. The standard InChI is InChI=1S/C20H22N2O3S2/c1-6-25-20(24)18-14(5)17(26-10-21)19(27-18)22-16(23)9-15-12(3)7-11(2)8-13(15)4/h7-8H,6,9H2,1-5H3,(H,22,23). The van der Waals surface area contributed by atoms with E-state index >= 15 is 0 Å². The van der Waals surface area contributed by atoms with E-state index in [4.69, 9.17) is 10.00 Å². The second-order valence-electron chi connectivity index (χ2n) is 6.23. The maximum absolute atomic E-state index is 12.6. The van der Waals surface area contributed by atoms with Crippen LogP contribution in [0.15, 0.2) is 17.0 Å². The number of nitrogens with zero attached hydrogens (tertiary/aromatic N) is 1. The van der Waals surface area contributed by atoms with Crippen molar-refractivity contribution in [1.82, 2.24) is 0 Å². The molecule has 0 unspecified atom stereocenters. The Morgan fingerprint density at radius 3 is 2.41 bits per heavy atom. The van der Waals surface area contributed by atoms with E-state index in [-0.39, 0.29) is 18.9 Å². The van der Waals surface area contributed by atoms with E-state index in [0.29, 0.717) is 20.3 Å². The van der Waals surface area contributed by atoms with Gasteiger partial charge in [0, 0.05) is 0 Å². The van der Waals surface area contributed by atoms with Crippen molar-refractivity contribution < 1.29 is 14.3 Å². The van der Waals surface area contributed by atoms with Crippen LogP contribution in [-0.2, 0) is 16.0 Å². The first-order valence-corrected chi connectivity index (χ1v) is 10.1. The molecule has 1 amide bonds. The summed E-state index contributed by atoms with van der Waals surface area (Å²) < 4.78 is 5.07. The number of ether oxygens (including phenoxy) is 1. The minimum absolute atomic E-state index is 0.179. The zero-order chi connectivity index (χ0) is 20.1. The third-order valence-corrected chi connectivity index (χ3v) is 6.25. The predicted octanol–water partition coefficient (Wildman–Crippen LogP) is 4.91. The number of thioether (sulfide) groups is 1. The van der Waals surface area contributed by atoms with Gasteiger partial charge in [0.25, 0.3) is 0 Å². The summed E-state index contributed by atoms with van der Waals surface area (Å²) in [6, 6.07) is 4.11. The molecule has 0 bridgehead atoms. The number of anilines is 1. The molecule has 0 saturated carbocycles. The Balaban J connectivity index is 2.28. The first-order valence-electron chi connectivity index (χ1n) is 8.51. The largest absolute Gasteiger partial charge is 0.462 e. The number of rotatable bonds is 6. The number of nitriles is 1. The van der Waals surface area contributed by atoms with Gasteiger partial charge >= 0.3 is 5.97 Å². The zero-order valence-electron chi connectivity index (χ0n) is 16.1. The van der Waals surface area contributed by atoms with Gasteiger partial charge in [0.15, 0.2) is 0 Å². The van der Waals surface area contributed by atoms with Gasteiger partial charge in [0.2, 0.25) is 5.91 Å². The topological polar surface area (TPSA) is 79.2 Å². The fourth-order valence-electron chi connectivity index (χ4n) is 2.96. The number of thiocyanates is 1. The van der Waals surface area contributed by atoms with Crippen LogP contribution in [0.5, 0.6) is 0 Å². The van der Waals surface area contributed by atoms with Crippen LogP contribution in [0.1, 0.15) is 44.4 Å². The van der Waals surface area contributed by atoms with E-state index in [0.717, 1.165) is 45.4 Å². The summed E-state index contributed by atoms with van der Waals surface area (Å²) in [5.74, 6) is -0.619. The van der Waals surface area contributed by atoms with Crippen molar-refractivity contribution in [3.05, 3.63) is 44.8 Å². The quantitative estimate of drug-likeness (QED) is 0.422. The molecule has 0 aliphatic carbocycles. The molecule has 0 radical (unpaired) electrons. The van der Waals surface area contributed by atoms with Crippen molar-refractivity contribution in [1.29, 1.82) is 5.26 Å². The minimum atomic E-state index is -0.439. The molecule has 1 heterocycles. The fourth-order valence-corrected chi connectivity index (χ4v) is 4.78. The predicted molar refractivity (Wildman–Crippen MR) is 109 cm³/mol. The summed E-state index contributed by atoms with van der Waals surface area (Å²) in [5, 5.41) is 14.5. The number of amides is 1. The molecule has 0 fully saturated rings. The van der Waals surface area contributed by atoms with E-state index in [1.807, 2.05) is 26.2 Å². The number of benzene rings is 1. The highest BCUT2D eigenvalue weighted by Crippen LogP contribution is 2.40. The first-order chi connectivity index (χ1) is 12.8. The Labute approximate surface area is 167 Å². The monoisotopic (exact) mass is 402 g/mol. The molecule has 27 heavy (non-hydrogen) atoms. The van der Waals surface area contributed by atoms with Crippen molar-refractivity contribution >= 4 is 40.0 Å². The lowest BCUT2D eigenvalue weighted by molar-refractivity contribution is -0.115. The van der Waals surface area contributed by atoms with Crippen molar-refractivity contribution in [3.63, 3.8) is 0 Å². The lowest BCUT2D eigenvalue weighted by atomic mass is 9.97. The summed E-state index contributed by atoms with van der Waals surface area (Å²) in [6.07, 6.45) is 0.236. The van der Waals surface area contributed by atoms with E-state index in [2.05, 4.69) is 17.4 Å². The van der Waals surface area contributed by atoms with Gasteiger partial charge in [0.05, 0.1) is 17.9 Å². The second kappa shape index (κ2) is 9.07. The molecule has 0 saturated heterocycles. The number of hydrogen-bond acceptors (Lipinski definition) is 6. The summed E-state index contributed by atoms with van der Waals surface area (Å²) in [6.45, 7) is 9.78. The van der Waals surface area contributed by atoms with Gasteiger partial charge in [-0.25, -0.2) is 4.79 Å². The molecule has 7 heteroatoms. The highest BCUT2D eigenvalue weighted by atomic mass is 32.2. The van der Waals surface area contributed by atoms with E-state index in [1.54, 1.807) is 13.8 Å². The number of thiophene rings is 1. The van der Waals surface area contributed by atoms with Crippen LogP contribution in [-0.4, -0.2) is 18.5 Å². The number of esters is 1. The van der Waals surface area contributed by atoms with E-state index in [9.17, 15) is 9.59 Å². The molecule has 142 valence electrons. The van der Waals surface area contributed by atoms with Crippen LogP contribution >= 0.6 is 23.1 Å². The molecule has 1 N–H and O–H groups in total. The Morgan fingerprint density at radius 1 is 1.22 bits per heavy atom. The van der Waals surface area contributed by atoms with E-state index in [1.165, 1.54) is 0 Å². The van der Waals surface area contributed by atoms with Crippen molar-refractivity contribution in [2.45, 2.75) is 45.9 Å². The van der Waals surface area contributed by atoms with Crippen LogP contribution in [0.3, 0.4) is 0 Å². The average molecular weight is 403 g/mol. The lowest BCUT2D eigenvalue weighted by Gasteiger charge is -2.11. The van der Waals surface area contributed by atoms with E-state index < -0.39 is 5.97 Å². The third-order valence-electron chi connectivity index (χ3n) is 4.13. The van der Waals surface area contributed by atoms with Crippen molar-refractivity contribution in [2.24, 2.45) is 0 Å². The number of aryl methyl sites for hydroxylation is 3. The molecular weight excluding hydrogens is 380 g/mol. The Hall–Kier alpha value is -2.30. The average Bonchev–Trinajstić information content (AvgIpc) is 2.88. The molecule has 0 atom stereocenters. The Morgan fingerprint density at radius 2 is 1.85 bits per heavy atom.